The van der Waals surface area contributed by atoms with Crippen LogP contribution >= 0.6 is 0 Å². The third kappa shape index (κ3) is 4.56. The molecule has 1 aromatic heterocycles. The monoisotopic (exact) mass is 337 g/mol. The van der Waals surface area contributed by atoms with Crippen LogP contribution in [0.2, 0.25) is 0 Å². The van der Waals surface area contributed by atoms with Gasteiger partial charge >= 0.3 is 12.0 Å². The van der Waals surface area contributed by atoms with E-state index >= 15 is 0 Å². The summed E-state index contributed by atoms with van der Waals surface area (Å²) < 4.78 is 9.76. The summed E-state index contributed by atoms with van der Waals surface area (Å²) in [5.74, 6) is -0.683. The van der Waals surface area contributed by atoms with Crippen molar-refractivity contribution >= 4 is 17.9 Å². The van der Waals surface area contributed by atoms with Crippen LogP contribution in [0.15, 0.2) is 4.52 Å². The van der Waals surface area contributed by atoms with Crippen molar-refractivity contribution < 1.29 is 23.6 Å². The normalized spacial score (nSPS) is 20.3. The number of urea groups is 1. The molecule has 1 aromatic rings. The Balaban J connectivity index is 1.76. The van der Waals surface area contributed by atoms with E-state index in [1.807, 2.05) is 0 Å². The van der Waals surface area contributed by atoms with Gasteiger partial charge in [0.2, 0.25) is 0 Å². The lowest BCUT2D eigenvalue weighted by Gasteiger charge is -2.29. The van der Waals surface area contributed by atoms with E-state index in [0.717, 1.165) is 25.7 Å². The molecular formula is C16H23N3O5. The van der Waals surface area contributed by atoms with Crippen LogP contribution < -0.4 is 10.6 Å². The van der Waals surface area contributed by atoms with E-state index in [-0.39, 0.29) is 11.6 Å². The minimum absolute atomic E-state index is 0.0661. The fourth-order valence-electron chi connectivity index (χ4n) is 2.88. The Morgan fingerprint density at radius 1 is 1.25 bits per heavy atom. The number of esters is 1. The van der Waals surface area contributed by atoms with Gasteiger partial charge in [0.05, 0.1) is 5.69 Å². The van der Waals surface area contributed by atoms with Gasteiger partial charge in [-0.3, -0.25) is 10.1 Å². The molecule has 0 bridgehead atoms. The fraction of sp³-hybridized carbons (Fsp3) is 0.625. The Labute approximate surface area is 140 Å². The second kappa shape index (κ2) is 7.94. The molecule has 3 amide bonds. The summed E-state index contributed by atoms with van der Waals surface area (Å²) in [6, 6.07) is -0.497. The van der Waals surface area contributed by atoms with Gasteiger partial charge in [0.1, 0.15) is 11.3 Å². The van der Waals surface area contributed by atoms with E-state index in [4.69, 9.17) is 9.26 Å². The highest BCUT2D eigenvalue weighted by Crippen LogP contribution is 2.23. The highest BCUT2D eigenvalue weighted by molar-refractivity contribution is 5.97. The van der Waals surface area contributed by atoms with Gasteiger partial charge in [-0.1, -0.05) is 24.9 Å². The molecule has 2 N–H and O–H groups in total. The lowest BCUT2D eigenvalue weighted by molar-refractivity contribution is -0.123. The Morgan fingerprint density at radius 3 is 2.58 bits per heavy atom. The largest absolute Gasteiger partial charge is 0.452 e. The standard InChI is InChI=1S/C16H23N3O5/c1-9-6-4-5-7-12(9)17-16(22)18-13(20)8-23-15(21)14-10(2)19-24-11(14)3/h9,12H,4-8H2,1-3H3,(H2,17,18,20,22)/t9-,12-/m1/s1. The van der Waals surface area contributed by atoms with Crippen LogP contribution in [-0.2, 0) is 9.53 Å². The zero-order valence-electron chi connectivity index (χ0n) is 14.2. The van der Waals surface area contributed by atoms with Crippen molar-refractivity contribution in [2.75, 3.05) is 6.61 Å². The predicted octanol–water partition coefficient (Wildman–Crippen LogP) is 1.85. The van der Waals surface area contributed by atoms with E-state index in [2.05, 4.69) is 22.7 Å². The first kappa shape index (κ1) is 18.0. The fourth-order valence-corrected chi connectivity index (χ4v) is 2.88. The number of amides is 3. The first-order valence-electron chi connectivity index (χ1n) is 8.08. The number of aromatic nitrogens is 1. The molecule has 24 heavy (non-hydrogen) atoms. The number of nitrogens with zero attached hydrogens (tertiary/aromatic N) is 1. The van der Waals surface area contributed by atoms with E-state index < -0.39 is 24.5 Å². The van der Waals surface area contributed by atoms with Crippen molar-refractivity contribution in [3.05, 3.63) is 17.0 Å². The quantitative estimate of drug-likeness (QED) is 0.811. The third-order valence-electron chi connectivity index (χ3n) is 4.25. The second-order valence-electron chi connectivity index (χ2n) is 6.17. The molecule has 0 unspecified atom stereocenters. The minimum atomic E-state index is -0.706. The zero-order chi connectivity index (χ0) is 17.7. The molecule has 8 nitrogen and oxygen atoms in total. The van der Waals surface area contributed by atoms with Crippen LogP contribution in [0, 0.1) is 19.8 Å². The highest BCUT2D eigenvalue weighted by atomic mass is 16.5. The predicted molar refractivity (Wildman–Crippen MR) is 84.4 cm³/mol. The number of hydrogen-bond donors (Lipinski definition) is 2. The highest BCUT2D eigenvalue weighted by Gasteiger charge is 2.24. The molecule has 8 heteroatoms. The smallest absolute Gasteiger partial charge is 0.344 e. The molecule has 0 aliphatic heterocycles. The van der Waals surface area contributed by atoms with Gasteiger partial charge in [0.15, 0.2) is 6.61 Å². The summed E-state index contributed by atoms with van der Waals surface area (Å²) >= 11 is 0. The topological polar surface area (TPSA) is 111 Å². The SMILES string of the molecule is Cc1noc(C)c1C(=O)OCC(=O)NC(=O)N[C@@H]1CCCC[C@H]1C. The van der Waals surface area contributed by atoms with Gasteiger partial charge < -0.3 is 14.6 Å². The van der Waals surface area contributed by atoms with Crippen LogP contribution in [0.25, 0.3) is 0 Å². The number of hydrogen-bond acceptors (Lipinski definition) is 6. The molecule has 1 aliphatic rings. The van der Waals surface area contributed by atoms with Crippen LogP contribution in [0.4, 0.5) is 4.79 Å². The van der Waals surface area contributed by atoms with Crippen molar-refractivity contribution in [3.8, 4) is 0 Å². The van der Waals surface area contributed by atoms with E-state index in [1.165, 1.54) is 0 Å². The Hall–Kier alpha value is -2.38. The maximum absolute atomic E-state index is 11.9. The molecule has 1 aliphatic carbocycles. The average molecular weight is 337 g/mol. The summed E-state index contributed by atoms with van der Waals surface area (Å²) in [5, 5.41) is 8.61. The number of carbonyl (C=O) groups is 3. The van der Waals surface area contributed by atoms with Crippen LogP contribution in [0.5, 0.6) is 0 Å². The maximum atomic E-state index is 11.9. The van der Waals surface area contributed by atoms with Gasteiger partial charge in [-0.25, -0.2) is 9.59 Å². The van der Waals surface area contributed by atoms with E-state index in [0.29, 0.717) is 17.4 Å². The number of imide groups is 1. The first-order valence-corrected chi connectivity index (χ1v) is 8.08. The van der Waals surface area contributed by atoms with E-state index in [1.54, 1.807) is 13.8 Å². The Bertz CT molecular complexity index is 606. The molecule has 0 spiro atoms. The van der Waals surface area contributed by atoms with Crippen molar-refractivity contribution in [3.63, 3.8) is 0 Å². The Morgan fingerprint density at radius 2 is 1.96 bits per heavy atom. The van der Waals surface area contributed by atoms with Crippen LogP contribution in [0.1, 0.15) is 54.4 Å². The molecule has 132 valence electrons. The molecule has 1 heterocycles. The van der Waals surface area contributed by atoms with Gasteiger partial charge in [0.25, 0.3) is 5.91 Å². The summed E-state index contributed by atoms with van der Waals surface area (Å²) in [7, 11) is 0. The maximum Gasteiger partial charge on any atom is 0.344 e. The molecule has 0 saturated heterocycles. The summed E-state index contributed by atoms with van der Waals surface area (Å²) in [4.78, 5) is 35.5. The molecule has 1 saturated carbocycles. The van der Waals surface area contributed by atoms with Crippen LogP contribution in [0.3, 0.4) is 0 Å². The molecule has 2 atom stereocenters. The number of aryl methyl sites for hydroxylation is 2. The zero-order valence-corrected chi connectivity index (χ0v) is 14.2. The van der Waals surface area contributed by atoms with Crippen molar-refractivity contribution in [2.24, 2.45) is 5.92 Å². The van der Waals surface area contributed by atoms with Crippen molar-refractivity contribution in [1.82, 2.24) is 15.8 Å². The van der Waals surface area contributed by atoms with Crippen molar-refractivity contribution in [2.45, 2.75) is 52.5 Å². The second-order valence-corrected chi connectivity index (χ2v) is 6.17. The number of rotatable bonds is 4. The van der Waals surface area contributed by atoms with E-state index in [9.17, 15) is 14.4 Å². The molecule has 2 rings (SSSR count). The van der Waals surface area contributed by atoms with Gasteiger partial charge in [-0.15, -0.1) is 0 Å². The lowest BCUT2D eigenvalue weighted by atomic mass is 9.86. The average Bonchev–Trinajstić information content (AvgIpc) is 2.86. The first-order chi connectivity index (χ1) is 11.4. The Kier molecular flexibility index (Phi) is 5.94. The third-order valence-corrected chi connectivity index (χ3v) is 4.25. The van der Waals surface area contributed by atoms with Gasteiger partial charge in [-0.2, -0.15) is 0 Å². The minimum Gasteiger partial charge on any atom is -0.452 e. The number of nitrogens with one attached hydrogen (secondary N) is 2. The summed E-state index contributed by atoms with van der Waals surface area (Å²) in [6.07, 6.45) is 4.20. The molecular weight excluding hydrogens is 314 g/mol. The van der Waals surface area contributed by atoms with Crippen molar-refractivity contribution in [1.29, 1.82) is 0 Å². The number of ether oxygens (including phenoxy) is 1. The molecule has 0 aromatic carbocycles. The lowest BCUT2D eigenvalue weighted by Crippen LogP contribution is -2.48. The molecule has 1 fully saturated rings. The van der Waals surface area contributed by atoms with Gasteiger partial charge in [0, 0.05) is 6.04 Å². The van der Waals surface area contributed by atoms with Gasteiger partial charge in [-0.05, 0) is 32.6 Å². The van der Waals surface area contributed by atoms with Crippen LogP contribution in [-0.4, -0.2) is 35.7 Å². The summed E-state index contributed by atoms with van der Waals surface area (Å²) in [6.45, 7) is 4.72. The molecule has 0 radical (unpaired) electrons. The summed E-state index contributed by atoms with van der Waals surface area (Å²) in [5.41, 5.74) is 0.588. The number of carbonyl (C=O) groups excluding carboxylic acids is 3.